The van der Waals surface area contributed by atoms with Gasteiger partial charge in [-0.15, -0.1) is 0 Å². The van der Waals surface area contributed by atoms with Crippen LogP contribution in [0.25, 0.3) is 10.9 Å². The van der Waals surface area contributed by atoms with E-state index >= 15 is 0 Å². The molecule has 1 aliphatic carbocycles. The number of fused-ring (bicyclic) bond motifs is 4. The number of rotatable bonds is 5. The van der Waals surface area contributed by atoms with Gasteiger partial charge in [0.2, 0.25) is 0 Å². The Balaban J connectivity index is 1.81. The van der Waals surface area contributed by atoms with E-state index in [4.69, 9.17) is 9.84 Å². The highest BCUT2D eigenvalue weighted by atomic mass is 79.9. The van der Waals surface area contributed by atoms with Gasteiger partial charge in [0.15, 0.2) is 5.78 Å². The van der Waals surface area contributed by atoms with Gasteiger partial charge in [-0.05, 0) is 42.3 Å². The largest absolute Gasteiger partial charge is 0.491 e. The first-order chi connectivity index (χ1) is 13.8. The number of carbonyl (C=O) groups excluding carboxylic acids is 1. The van der Waals surface area contributed by atoms with E-state index in [-0.39, 0.29) is 25.4 Å². The van der Waals surface area contributed by atoms with Crippen molar-refractivity contribution in [1.29, 1.82) is 0 Å². The van der Waals surface area contributed by atoms with Crippen LogP contribution in [0.5, 0.6) is 5.75 Å². The Kier molecular flexibility index (Phi) is 5.05. The highest BCUT2D eigenvalue weighted by Crippen LogP contribution is 2.46. The monoisotopic (exact) mass is 457 g/mol. The molecule has 0 bridgehead atoms. The van der Waals surface area contributed by atoms with Gasteiger partial charge in [-0.2, -0.15) is 0 Å². The van der Waals surface area contributed by atoms with Gasteiger partial charge in [0.1, 0.15) is 12.4 Å². The number of nitrogens with zero attached hydrogens (tertiary/aromatic N) is 1. The summed E-state index contributed by atoms with van der Waals surface area (Å²) in [5, 5.41) is 19.7. The minimum absolute atomic E-state index is 0.0223. The number of carbonyl (C=O) groups is 1. The Hall–Kier alpha value is -2.15. The molecule has 0 saturated heterocycles. The van der Waals surface area contributed by atoms with Gasteiger partial charge in [0.25, 0.3) is 0 Å². The van der Waals surface area contributed by atoms with Gasteiger partial charge in [-0.1, -0.05) is 35.8 Å². The topological polar surface area (TPSA) is 71.7 Å². The van der Waals surface area contributed by atoms with Crippen molar-refractivity contribution in [3.63, 3.8) is 0 Å². The van der Waals surface area contributed by atoms with Crippen LogP contribution in [-0.4, -0.2) is 39.9 Å². The van der Waals surface area contributed by atoms with Crippen LogP contribution in [0.2, 0.25) is 0 Å². The maximum atomic E-state index is 13.4. The fourth-order valence-electron chi connectivity index (χ4n) is 4.39. The number of aliphatic hydroxyl groups is 2. The summed E-state index contributed by atoms with van der Waals surface area (Å²) in [6.45, 7) is 4.25. The van der Waals surface area contributed by atoms with E-state index in [0.717, 1.165) is 32.2 Å². The molecule has 2 aromatic carbocycles. The van der Waals surface area contributed by atoms with Crippen LogP contribution in [0.1, 0.15) is 47.4 Å². The molecule has 1 atom stereocenters. The number of ketones is 1. The molecule has 2 N–H and O–H groups in total. The van der Waals surface area contributed by atoms with Crippen LogP contribution >= 0.6 is 15.9 Å². The normalized spacial score (nSPS) is 15.9. The lowest BCUT2D eigenvalue weighted by Gasteiger charge is -2.34. The van der Waals surface area contributed by atoms with Crippen molar-refractivity contribution in [1.82, 2.24) is 4.57 Å². The lowest BCUT2D eigenvalue weighted by Crippen LogP contribution is -2.32. The van der Waals surface area contributed by atoms with E-state index in [0.29, 0.717) is 11.3 Å². The molecule has 0 spiro atoms. The molecule has 0 amide bonds. The van der Waals surface area contributed by atoms with Crippen LogP contribution < -0.4 is 4.74 Å². The summed E-state index contributed by atoms with van der Waals surface area (Å²) in [5.74, 6) is 0.626. The van der Waals surface area contributed by atoms with Crippen molar-refractivity contribution in [2.45, 2.75) is 31.8 Å². The second kappa shape index (κ2) is 7.27. The van der Waals surface area contributed by atoms with Crippen LogP contribution in [0.15, 0.2) is 40.9 Å². The molecule has 0 fully saturated rings. The Labute approximate surface area is 178 Å². The number of benzene rings is 2. The number of ether oxygens (including phenoxy) is 1. The molecule has 6 heteroatoms. The van der Waals surface area contributed by atoms with Crippen molar-refractivity contribution in [3.05, 3.63) is 63.3 Å². The fraction of sp³-hybridized carbons (Fsp3) is 0.348. The molecule has 29 heavy (non-hydrogen) atoms. The van der Waals surface area contributed by atoms with Gasteiger partial charge < -0.3 is 19.5 Å². The van der Waals surface area contributed by atoms with Crippen LogP contribution in [-0.2, 0) is 12.5 Å². The minimum atomic E-state index is -0.728. The van der Waals surface area contributed by atoms with Crippen LogP contribution in [0.3, 0.4) is 0 Å². The van der Waals surface area contributed by atoms with E-state index in [1.807, 2.05) is 37.4 Å². The van der Waals surface area contributed by atoms with Gasteiger partial charge in [-0.25, -0.2) is 0 Å². The van der Waals surface area contributed by atoms with Gasteiger partial charge in [-0.3, -0.25) is 4.79 Å². The lowest BCUT2D eigenvalue weighted by atomic mass is 9.71. The molecule has 1 unspecified atom stereocenters. The lowest BCUT2D eigenvalue weighted by molar-refractivity contribution is 0.0820. The van der Waals surface area contributed by atoms with Crippen LogP contribution in [0.4, 0.5) is 0 Å². The maximum absolute atomic E-state index is 13.4. The molecule has 1 aliphatic rings. The average Bonchev–Trinajstić information content (AvgIpc) is 2.98. The minimum Gasteiger partial charge on any atom is -0.491 e. The van der Waals surface area contributed by atoms with E-state index in [9.17, 15) is 9.90 Å². The summed E-state index contributed by atoms with van der Waals surface area (Å²) >= 11 is 3.53. The summed E-state index contributed by atoms with van der Waals surface area (Å²) in [6, 6.07) is 11.5. The Morgan fingerprint density at radius 1 is 1.21 bits per heavy atom. The molecule has 1 heterocycles. The third kappa shape index (κ3) is 3.19. The van der Waals surface area contributed by atoms with Crippen molar-refractivity contribution in [3.8, 4) is 5.75 Å². The van der Waals surface area contributed by atoms with Gasteiger partial charge in [0.05, 0.1) is 11.7 Å². The van der Waals surface area contributed by atoms with E-state index in [1.54, 1.807) is 6.07 Å². The van der Waals surface area contributed by atoms with Crippen molar-refractivity contribution in [2.24, 2.45) is 7.05 Å². The third-order valence-corrected chi connectivity index (χ3v) is 6.29. The maximum Gasteiger partial charge on any atom is 0.195 e. The average molecular weight is 458 g/mol. The number of hydrogen-bond donors (Lipinski definition) is 2. The zero-order valence-corrected chi connectivity index (χ0v) is 18.3. The summed E-state index contributed by atoms with van der Waals surface area (Å²) in [5.41, 5.74) is 3.96. The van der Waals surface area contributed by atoms with Crippen molar-refractivity contribution >= 4 is 32.6 Å². The Morgan fingerprint density at radius 2 is 1.97 bits per heavy atom. The van der Waals surface area contributed by atoms with Gasteiger partial charge in [0, 0.05) is 45.7 Å². The molecular formula is C23H24BrNO4. The first-order valence-corrected chi connectivity index (χ1v) is 10.4. The fourth-order valence-corrected chi connectivity index (χ4v) is 4.74. The number of aliphatic hydroxyl groups excluding tert-OH is 2. The summed E-state index contributed by atoms with van der Waals surface area (Å²) in [4.78, 5) is 13.4. The summed E-state index contributed by atoms with van der Waals surface area (Å²) < 4.78 is 8.80. The number of aromatic nitrogens is 1. The highest BCUT2D eigenvalue weighted by Gasteiger charge is 2.41. The molecule has 0 radical (unpaired) electrons. The molecule has 4 rings (SSSR count). The number of aryl methyl sites for hydroxylation is 1. The van der Waals surface area contributed by atoms with Crippen molar-refractivity contribution in [2.75, 3.05) is 13.2 Å². The van der Waals surface area contributed by atoms with E-state index < -0.39 is 11.5 Å². The second-order valence-corrected chi connectivity index (χ2v) is 9.00. The summed E-state index contributed by atoms with van der Waals surface area (Å²) in [6.07, 6.45) is -0.460. The molecule has 0 aliphatic heterocycles. The quantitative estimate of drug-likeness (QED) is 0.608. The molecule has 152 valence electrons. The van der Waals surface area contributed by atoms with E-state index in [1.165, 1.54) is 0 Å². The van der Waals surface area contributed by atoms with Gasteiger partial charge >= 0.3 is 0 Å². The smallest absolute Gasteiger partial charge is 0.195 e. The van der Waals surface area contributed by atoms with Crippen LogP contribution in [0, 0.1) is 0 Å². The first kappa shape index (κ1) is 20.1. The Bertz CT molecular complexity index is 1120. The Morgan fingerprint density at radius 3 is 2.69 bits per heavy atom. The molecule has 0 saturated carbocycles. The standard InChI is InChI=1S/C23H24BrNO4/c1-23(2)18-11-15(29-12-14(27)8-9-26)5-7-16(18)21(28)20-17-6-4-13(24)10-19(17)25(3)22(20)23/h4-7,10-11,14,26-27H,8-9,12H2,1-3H3. The molecule has 3 aromatic rings. The second-order valence-electron chi connectivity index (χ2n) is 8.08. The highest BCUT2D eigenvalue weighted by molar-refractivity contribution is 9.10. The zero-order chi connectivity index (χ0) is 20.9. The number of hydrogen-bond acceptors (Lipinski definition) is 4. The molecular weight excluding hydrogens is 434 g/mol. The third-order valence-electron chi connectivity index (χ3n) is 5.80. The summed E-state index contributed by atoms with van der Waals surface area (Å²) in [7, 11) is 2.00. The number of halogens is 1. The predicted octanol–water partition coefficient (Wildman–Crippen LogP) is 3.93. The molecule has 5 nitrogen and oxygen atoms in total. The predicted molar refractivity (Wildman–Crippen MR) is 116 cm³/mol. The van der Waals surface area contributed by atoms with E-state index in [2.05, 4.69) is 34.3 Å². The zero-order valence-electron chi connectivity index (χ0n) is 16.7. The SMILES string of the molecule is Cn1c2c(c3ccc(Br)cc31)C(=O)c1ccc(OCC(O)CCO)cc1C2(C)C. The first-order valence-electron chi connectivity index (χ1n) is 9.65. The van der Waals surface area contributed by atoms with Crippen molar-refractivity contribution < 1.29 is 19.7 Å². The molecule has 1 aromatic heterocycles.